The summed E-state index contributed by atoms with van der Waals surface area (Å²) < 4.78 is 0. The number of hydrogen-bond donors (Lipinski definition) is 0. The van der Waals surface area contributed by atoms with Crippen molar-refractivity contribution in [3.05, 3.63) is 169 Å². The summed E-state index contributed by atoms with van der Waals surface area (Å²) in [7, 11) is 0. The maximum Gasteiger partial charge on any atom is 0.164 e. The highest BCUT2D eigenvalue weighted by atomic mass is 15.0. The Kier molecular flexibility index (Phi) is 6.50. The van der Waals surface area contributed by atoms with Crippen molar-refractivity contribution in [2.45, 2.75) is 6.42 Å². The third kappa shape index (κ3) is 4.79. The molecule has 4 nitrogen and oxygen atoms in total. The molecule has 0 radical (unpaired) electrons. The molecule has 0 unspecified atom stereocenters. The van der Waals surface area contributed by atoms with E-state index in [2.05, 4.69) is 109 Å². The summed E-state index contributed by atoms with van der Waals surface area (Å²) in [4.78, 5) is 20.0. The van der Waals surface area contributed by atoms with Crippen LogP contribution in [0.25, 0.3) is 78.4 Å². The molecule has 0 saturated heterocycles. The molecule has 0 N–H and O–H groups in total. The molecule has 8 aromatic rings. The maximum atomic E-state index is 5.14. The fraction of sp³-hybridized carbons (Fsp3) is 0.0233. The summed E-state index contributed by atoms with van der Waals surface area (Å²) in [5, 5.41) is 2.27. The van der Waals surface area contributed by atoms with Gasteiger partial charge in [0.05, 0.1) is 5.69 Å². The van der Waals surface area contributed by atoms with E-state index in [-0.39, 0.29) is 0 Å². The second-order valence-electron chi connectivity index (χ2n) is 11.8. The minimum Gasteiger partial charge on any atom is -0.256 e. The van der Waals surface area contributed by atoms with Crippen molar-refractivity contribution >= 4 is 10.8 Å². The fourth-order valence-electron chi connectivity index (χ4n) is 6.80. The predicted octanol–water partition coefficient (Wildman–Crippen LogP) is 10.3. The number of nitrogens with zero attached hydrogens (tertiary/aromatic N) is 4. The molecule has 0 atom stereocenters. The standard InChI is InChI=1S/C43H28N4/c1-3-12-28(13-4-1)30-16-9-17-32(26-30)42-45-41(29-14-5-2-6-15-29)46-43(47-42)38-24-23-36(33-19-7-8-20-34(33)38)35-21-10-22-37-39(35)27-31-18-11-25-44-40(31)37/h1-26H,27H2. The Morgan fingerprint density at radius 2 is 0.979 bits per heavy atom. The molecule has 1 aliphatic rings. The molecule has 4 heteroatoms. The number of hydrogen-bond acceptors (Lipinski definition) is 4. The van der Waals surface area contributed by atoms with Crippen LogP contribution in [0.15, 0.2) is 158 Å². The minimum absolute atomic E-state index is 0.644. The maximum absolute atomic E-state index is 5.14. The molecule has 0 bridgehead atoms. The molecular weight excluding hydrogens is 573 g/mol. The van der Waals surface area contributed by atoms with E-state index in [1.807, 2.05) is 48.7 Å². The highest BCUT2D eigenvalue weighted by Crippen LogP contribution is 2.43. The molecule has 2 aromatic heterocycles. The van der Waals surface area contributed by atoms with Crippen molar-refractivity contribution in [2.24, 2.45) is 0 Å². The lowest BCUT2D eigenvalue weighted by Gasteiger charge is -2.15. The molecule has 0 fully saturated rings. The highest BCUT2D eigenvalue weighted by Gasteiger charge is 2.24. The largest absolute Gasteiger partial charge is 0.256 e. The van der Waals surface area contributed by atoms with Gasteiger partial charge in [0.15, 0.2) is 17.5 Å². The van der Waals surface area contributed by atoms with Gasteiger partial charge in [-0.15, -0.1) is 0 Å². The van der Waals surface area contributed by atoms with Crippen LogP contribution >= 0.6 is 0 Å². The van der Waals surface area contributed by atoms with Crippen molar-refractivity contribution in [3.8, 4) is 67.7 Å². The van der Waals surface area contributed by atoms with Crippen LogP contribution in [0.3, 0.4) is 0 Å². The lowest BCUT2D eigenvalue weighted by Crippen LogP contribution is -2.01. The van der Waals surface area contributed by atoms with Crippen molar-refractivity contribution < 1.29 is 0 Å². The average Bonchev–Trinajstić information content (AvgIpc) is 3.54. The number of pyridine rings is 1. The first-order chi connectivity index (χ1) is 23.3. The number of aromatic nitrogens is 4. The third-order valence-electron chi connectivity index (χ3n) is 9.04. The molecule has 2 heterocycles. The van der Waals surface area contributed by atoms with Gasteiger partial charge in [-0.2, -0.15) is 0 Å². The van der Waals surface area contributed by atoms with Gasteiger partial charge in [-0.1, -0.05) is 133 Å². The molecule has 6 aromatic carbocycles. The number of rotatable bonds is 5. The monoisotopic (exact) mass is 600 g/mol. The van der Waals surface area contributed by atoms with Crippen LogP contribution in [0.5, 0.6) is 0 Å². The van der Waals surface area contributed by atoms with Gasteiger partial charge in [0.1, 0.15) is 0 Å². The molecule has 0 spiro atoms. The Labute approximate surface area is 273 Å². The lowest BCUT2D eigenvalue weighted by atomic mass is 9.90. The van der Waals surface area contributed by atoms with E-state index in [4.69, 9.17) is 19.9 Å². The van der Waals surface area contributed by atoms with Gasteiger partial charge in [-0.3, -0.25) is 4.98 Å². The molecule has 220 valence electrons. The summed E-state index contributed by atoms with van der Waals surface area (Å²) in [6.45, 7) is 0. The van der Waals surface area contributed by atoms with E-state index >= 15 is 0 Å². The van der Waals surface area contributed by atoms with E-state index in [0.29, 0.717) is 17.5 Å². The lowest BCUT2D eigenvalue weighted by molar-refractivity contribution is 1.08. The Hall–Kier alpha value is -6.26. The van der Waals surface area contributed by atoms with E-state index in [9.17, 15) is 0 Å². The molecule has 0 aliphatic heterocycles. The summed E-state index contributed by atoms with van der Waals surface area (Å²) in [6.07, 6.45) is 2.76. The van der Waals surface area contributed by atoms with Crippen LogP contribution < -0.4 is 0 Å². The van der Waals surface area contributed by atoms with Crippen LogP contribution in [-0.2, 0) is 6.42 Å². The smallest absolute Gasteiger partial charge is 0.164 e. The molecule has 1 aliphatic carbocycles. The van der Waals surface area contributed by atoms with Crippen molar-refractivity contribution in [1.82, 2.24) is 19.9 Å². The van der Waals surface area contributed by atoms with Crippen LogP contribution in [-0.4, -0.2) is 19.9 Å². The molecule has 0 saturated carbocycles. The van der Waals surface area contributed by atoms with Crippen molar-refractivity contribution in [2.75, 3.05) is 0 Å². The van der Waals surface area contributed by atoms with Crippen LogP contribution in [0.2, 0.25) is 0 Å². The Morgan fingerprint density at radius 1 is 0.383 bits per heavy atom. The fourth-order valence-corrected chi connectivity index (χ4v) is 6.80. The number of benzene rings is 6. The van der Waals surface area contributed by atoms with Crippen molar-refractivity contribution in [1.29, 1.82) is 0 Å². The van der Waals surface area contributed by atoms with Gasteiger partial charge in [-0.05, 0) is 62.4 Å². The molecule has 47 heavy (non-hydrogen) atoms. The summed E-state index contributed by atoms with van der Waals surface area (Å²) in [5.74, 6) is 1.94. The summed E-state index contributed by atoms with van der Waals surface area (Å²) >= 11 is 0. The molecule has 9 rings (SSSR count). The summed E-state index contributed by atoms with van der Waals surface area (Å²) in [5.41, 5.74) is 12.5. The SMILES string of the molecule is c1ccc(-c2cccc(-c3nc(-c4ccccc4)nc(-c4ccc(-c5cccc6c5Cc5cccnc5-6)c5ccccc45)n3)c2)cc1. The quantitative estimate of drug-likeness (QED) is 0.197. The zero-order valence-electron chi connectivity index (χ0n) is 25.5. The Bertz CT molecular complexity index is 2430. The van der Waals surface area contributed by atoms with Crippen LogP contribution in [0.4, 0.5) is 0 Å². The van der Waals surface area contributed by atoms with Gasteiger partial charge < -0.3 is 0 Å². The molecule has 0 amide bonds. The van der Waals surface area contributed by atoms with E-state index in [1.165, 1.54) is 27.8 Å². The normalized spacial score (nSPS) is 11.7. The Morgan fingerprint density at radius 3 is 1.79 bits per heavy atom. The molecular formula is C43H28N4. The van der Waals surface area contributed by atoms with Gasteiger partial charge in [-0.25, -0.2) is 15.0 Å². The first kappa shape index (κ1) is 27.1. The zero-order chi connectivity index (χ0) is 31.2. The van der Waals surface area contributed by atoms with Gasteiger partial charge in [0, 0.05) is 34.9 Å². The van der Waals surface area contributed by atoms with Crippen molar-refractivity contribution in [3.63, 3.8) is 0 Å². The second-order valence-corrected chi connectivity index (χ2v) is 11.8. The van der Waals surface area contributed by atoms with E-state index in [0.717, 1.165) is 50.7 Å². The third-order valence-corrected chi connectivity index (χ3v) is 9.04. The van der Waals surface area contributed by atoms with E-state index in [1.54, 1.807) is 0 Å². The minimum atomic E-state index is 0.644. The highest BCUT2D eigenvalue weighted by molar-refractivity contribution is 6.05. The van der Waals surface area contributed by atoms with E-state index < -0.39 is 0 Å². The Balaban J connectivity index is 1.22. The topological polar surface area (TPSA) is 51.6 Å². The van der Waals surface area contributed by atoms with Gasteiger partial charge in [0.2, 0.25) is 0 Å². The van der Waals surface area contributed by atoms with Crippen LogP contribution in [0, 0.1) is 0 Å². The zero-order valence-corrected chi connectivity index (χ0v) is 25.5. The van der Waals surface area contributed by atoms with Gasteiger partial charge in [0.25, 0.3) is 0 Å². The average molecular weight is 601 g/mol. The second kappa shape index (κ2) is 11.3. The first-order valence-corrected chi connectivity index (χ1v) is 15.9. The number of fused-ring (bicyclic) bond motifs is 4. The van der Waals surface area contributed by atoms with Crippen LogP contribution in [0.1, 0.15) is 11.1 Å². The first-order valence-electron chi connectivity index (χ1n) is 15.9. The summed E-state index contributed by atoms with van der Waals surface area (Å²) in [6, 6.07) is 52.8. The van der Waals surface area contributed by atoms with Gasteiger partial charge >= 0.3 is 0 Å². The predicted molar refractivity (Wildman–Crippen MR) is 191 cm³/mol.